The first-order valence-corrected chi connectivity index (χ1v) is 8.99. The topological polar surface area (TPSA) is 67.2 Å². The zero-order chi connectivity index (χ0) is 19.3. The van der Waals surface area contributed by atoms with Gasteiger partial charge in [0.1, 0.15) is 23.0 Å². The number of carbonyl (C=O) groups excluding carboxylic acids is 1. The van der Waals surface area contributed by atoms with Crippen molar-refractivity contribution in [2.24, 2.45) is 0 Å². The summed E-state index contributed by atoms with van der Waals surface area (Å²) >= 11 is 0. The zero-order valence-electron chi connectivity index (χ0n) is 14.8. The van der Waals surface area contributed by atoms with E-state index in [0.29, 0.717) is 18.8 Å². The van der Waals surface area contributed by atoms with E-state index in [0.717, 1.165) is 21.8 Å². The number of rotatable bonds is 2. The molecule has 0 radical (unpaired) electrons. The van der Waals surface area contributed by atoms with Gasteiger partial charge in [-0.3, -0.25) is 4.79 Å². The van der Waals surface area contributed by atoms with Crippen molar-refractivity contribution in [1.29, 1.82) is 0 Å². The average Bonchev–Trinajstić information content (AvgIpc) is 3.04. The normalized spacial score (nSPS) is 13.8. The minimum atomic E-state index is -0.580. The number of aromatic nitrogens is 2. The van der Waals surface area contributed by atoms with Crippen molar-refractivity contribution in [2.45, 2.75) is 13.0 Å². The molecular weight excluding hydrogens is 357 g/mol. The lowest BCUT2D eigenvalue weighted by atomic mass is 10.1. The van der Waals surface area contributed by atoms with Gasteiger partial charge < -0.3 is 15.0 Å². The van der Waals surface area contributed by atoms with E-state index < -0.39 is 11.7 Å². The van der Waals surface area contributed by atoms with Crippen LogP contribution in [0.5, 0.6) is 0 Å². The van der Waals surface area contributed by atoms with Crippen molar-refractivity contribution in [3.05, 3.63) is 78.1 Å². The van der Waals surface area contributed by atoms with E-state index in [4.69, 9.17) is 0 Å². The quantitative estimate of drug-likeness (QED) is 0.538. The number of nitrogens with zero attached hydrogens (tertiary/aromatic N) is 2. The van der Waals surface area contributed by atoms with Crippen LogP contribution < -0.4 is 5.32 Å². The van der Waals surface area contributed by atoms with Crippen LogP contribution in [0.15, 0.2) is 66.4 Å². The number of para-hydroxylation sites is 1. The highest BCUT2D eigenvalue weighted by Crippen LogP contribution is 2.32. The van der Waals surface area contributed by atoms with Gasteiger partial charge in [-0.2, -0.15) is 0 Å². The summed E-state index contributed by atoms with van der Waals surface area (Å²) in [4.78, 5) is 17.5. The molecule has 5 rings (SSSR count). The van der Waals surface area contributed by atoms with Gasteiger partial charge in [0.25, 0.3) is 5.91 Å². The maximum atomic E-state index is 13.9. The number of halogens is 1. The molecule has 1 aliphatic heterocycles. The molecule has 28 heavy (non-hydrogen) atoms. The molecule has 1 aliphatic rings. The largest absolute Gasteiger partial charge is 0.511 e. The Bertz CT molecular complexity index is 1290. The first-order chi connectivity index (χ1) is 13.6. The number of hydrogen-bond donors (Lipinski definition) is 2. The molecule has 0 spiro atoms. The van der Waals surface area contributed by atoms with Crippen LogP contribution in [-0.2, 0) is 11.3 Å². The highest BCUT2D eigenvalue weighted by molar-refractivity contribution is 6.25. The molecule has 0 fully saturated rings. The molecular formula is C22H16FN3O2. The van der Waals surface area contributed by atoms with Crippen LogP contribution in [-0.4, -0.2) is 20.6 Å². The fourth-order valence-corrected chi connectivity index (χ4v) is 3.68. The maximum absolute atomic E-state index is 13.9. The molecule has 0 saturated carbocycles. The Morgan fingerprint density at radius 2 is 1.79 bits per heavy atom. The van der Waals surface area contributed by atoms with E-state index >= 15 is 0 Å². The van der Waals surface area contributed by atoms with Crippen LogP contribution in [0.3, 0.4) is 0 Å². The Morgan fingerprint density at radius 3 is 2.57 bits per heavy atom. The van der Waals surface area contributed by atoms with Crippen LogP contribution in [0.1, 0.15) is 12.2 Å². The second-order valence-electron chi connectivity index (χ2n) is 6.78. The molecule has 0 saturated heterocycles. The van der Waals surface area contributed by atoms with Crippen LogP contribution in [0.2, 0.25) is 0 Å². The first-order valence-electron chi connectivity index (χ1n) is 8.99. The molecule has 6 heteroatoms. The number of amides is 1. The molecule has 138 valence electrons. The summed E-state index contributed by atoms with van der Waals surface area (Å²) in [5.41, 5.74) is 1.79. The van der Waals surface area contributed by atoms with E-state index in [9.17, 15) is 14.3 Å². The number of anilines is 1. The molecule has 2 heterocycles. The highest BCUT2D eigenvalue weighted by Gasteiger charge is 2.28. The van der Waals surface area contributed by atoms with Crippen molar-refractivity contribution in [1.82, 2.24) is 9.55 Å². The third-order valence-electron chi connectivity index (χ3n) is 5.05. The Kier molecular flexibility index (Phi) is 3.65. The van der Waals surface area contributed by atoms with Gasteiger partial charge in [-0.1, -0.05) is 36.4 Å². The molecule has 3 aromatic carbocycles. The maximum Gasteiger partial charge on any atom is 0.262 e. The van der Waals surface area contributed by atoms with Crippen molar-refractivity contribution < 1.29 is 14.3 Å². The van der Waals surface area contributed by atoms with Gasteiger partial charge in [0, 0.05) is 13.0 Å². The number of aliphatic hydroxyl groups is 1. The van der Waals surface area contributed by atoms with Crippen LogP contribution in [0, 0.1) is 5.82 Å². The fourth-order valence-electron chi connectivity index (χ4n) is 3.68. The Morgan fingerprint density at radius 1 is 1.07 bits per heavy atom. The molecule has 2 N–H and O–H groups in total. The lowest BCUT2D eigenvalue weighted by Gasteiger charge is -2.18. The summed E-state index contributed by atoms with van der Waals surface area (Å²) in [7, 11) is 0. The number of imidazole rings is 1. The molecule has 5 nitrogen and oxygen atoms in total. The summed E-state index contributed by atoms with van der Waals surface area (Å²) in [5, 5.41) is 15.1. The Labute approximate surface area is 159 Å². The van der Waals surface area contributed by atoms with Gasteiger partial charge in [-0.05, 0) is 35.0 Å². The summed E-state index contributed by atoms with van der Waals surface area (Å²) in [6.45, 7) is 0.520. The number of carbonyl (C=O) groups is 1. The molecule has 0 bridgehead atoms. The van der Waals surface area contributed by atoms with Gasteiger partial charge in [-0.15, -0.1) is 0 Å². The summed E-state index contributed by atoms with van der Waals surface area (Å²) in [5.74, 6) is -0.765. The van der Waals surface area contributed by atoms with E-state index in [1.165, 1.54) is 12.1 Å². The third kappa shape index (κ3) is 2.53. The number of aliphatic hydroxyl groups excluding tert-OH is 1. The van der Waals surface area contributed by atoms with E-state index in [1.54, 1.807) is 12.1 Å². The second kappa shape index (κ2) is 6.20. The number of allylic oxidation sites excluding steroid dienone is 1. The van der Waals surface area contributed by atoms with Crippen LogP contribution in [0.4, 0.5) is 10.1 Å². The SMILES string of the molecule is O=C(Nc1ccccc1F)C1=C(O)CCn2c1nc1cc3ccccc3cc12. The molecule has 1 amide bonds. The van der Waals surface area contributed by atoms with E-state index in [-0.39, 0.29) is 17.0 Å². The van der Waals surface area contributed by atoms with Gasteiger partial charge in [-0.25, -0.2) is 9.37 Å². The van der Waals surface area contributed by atoms with Crippen LogP contribution in [0.25, 0.3) is 27.4 Å². The van der Waals surface area contributed by atoms with E-state index in [1.807, 2.05) is 41.0 Å². The minimum Gasteiger partial charge on any atom is -0.511 e. The predicted octanol–water partition coefficient (Wildman–Crippen LogP) is 4.64. The number of fused-ring (bicyclic) bond motifs is 4. The second-order valence-corrected chi connectivity index (χ2v) is 6.78. The van der Waals surface area contributed by atoms with Gasteiger partial charge in [0.15, 0.2) is 0 Å². The lowest BCUT2D eigenvalue weighted by Crippen LogP contribution is -2.22. The third-order valence-corrected chi connectivity index (χ3v) is 5.05. The standard InChI is InChI=1S/C22H16FN3O2/c23-15-7-3-4-8-16(15)25-22(28)20-19(27)9-10-26-18-12-14-6-2-1-5-13(14)11-17(18)24-21(20)26/h1-8,11-12,27H,9-10H2,(H,25,28). The summed E-state index contributed by atoms with van der Waals surface area (Å²) < 4.78 is 15.9. The highest BCUT2D eigenvalue weighted by atomic mass is 19.1. The first kappa shape index (κ1) is 16.5. The molecule has 0 aliphatic carbocycles. The smallest absolute Gasteiger partial charge is 0.262 e. The number of benzene rings is 3. The molecule has 0 unspecified atom stereocenters. The average molecular weight is 373 g/mol. The Hall–Kier alpha value is -3.67. The van der Waals surface area contributed by atoms with Gasteiger partial charge >= 0.3 is 0 Å². The predicted molar refractivity (Wildman–Crippen MR) is 106 cm³/mol. The van der Waals surface area contributed by atoms with Crippen molar-refractivity contribution in [3.63, 3.8) is 0 Å². The lowest BCUT2D eigenvalue weighted by molar-refractivity contribution is -0.111. The molecule has 4 aromatic rings. The molecule has 1 aromatic heterocycles. The zero-order valence-corrected chi connectivity index (χ0v) is 14.8. The minimum absolute atomic E-state index is 0.0406. The van der Waals surface area contributed by atoms with Crippen molar-refractivity contribution >= 4 is 39.0 Å². The van der Waals surface area contributed by atoms with E-state index in [2.05, 4.69) is 10.3 Å². The van der Waals surface area contributed by atoms with Crippen LogP contribution >= 0.6 is 0 Å². The van der Waals surface area contributed by atoms with Crippen molar-refractivity contribution in [2.75, 3.05) is 5.32 Å². The summed E-state index contributed by atoms with van der Waals surface area (Å²) in [6, 6.07) is 17.9. The molecule has 0 atom stereocenters. The number of aryl methyl sites for hydroxylation is 1. The Balaban J connectivity index is 1.63. The fraction of sp³-hybridized carbons (Fsp3) is 0.0909. The number of nitrogens with one attached hydrogen (secondary N) is 1. The van der Waals surface area contributed by atoms with Gasteiger partial charge in [0.05, 0.1) is 16.7 Å². The summed E-state index contributed by atoms with van der Waals surface area (Å²) in [6.07, 6.45) is 0.311. The van der Waals surface area contributed by atoms with Crippen molar-refractivity contribution in [3.8, 4) is 0 Å². The number of hydrogen-bond acceptors (Lipinski definition) is 3. The monoisotopic (exact) mass is 373 g/mol. The van der Waals surface area contributed by atoms with Gasteiger partial charge in [0.2, 0.25) is 0 Å².